The van der Waals surface area contributed by atoms with Crippen LogP contribution >= 0.6 is 0 Å². The number of nitrogens with zero attached hydrogens (tertiary/aromatic N) is 1. The number of piperidine rings is 1. The summed E-state index contributed by atoms with van der Waals surface area (Å²) in [6.45, 7) is 2.86. The van der Waals surface area contributed by atoms with Crippen molar-refractivity contribution in [3.8, 4) is 12.3 Å². The normalized spacial score (nSPS) is 29.2. The number of benzene rings is 1. The minimum atomic E-state index is -2.59. The molecule has 1 saturated heterocycles. The van der Waals surface area contributed by atoms with E-state index in [0.717, 1.165) is 37.9 Å². The number of hydrogen-bond acceptors (Lipinski definition) is 2. The summed E-state index contributed by atoms with van der Waals surface area (Å²) in [6, 6.07) is 9.76. The molecule has 2 nitrogen and oxygen atoms in total. The molecule has 0 N–H and O–H groups in total. The van der Waals surface area contributed by atoms with Crippen LogP contribution < -0.4 is 0 Å². The molecule has 0 amide bonds. The molecule has 1 spiro atoms. The maximum absolute atomic E-state index is 14.2. The van der Waals surface area contributed by atoms with Gasteiger partial charge in [0.2, 0.25) is 0 Å². The predicted octanol–water partition coefficient (Wildman–Crippen LogP) is 4.74. The highest BCUT2D eigenvalue weighted by Gasteiger charge is 2.71. The van der Waals surface area contributed by atoms with Crippen LogP contribution in [0.1, 0.15) is 44.1 Å². The van der Waals surface area contributed by atoms with Crippen molar-refractivity contribution in [3.05, 3.63) is 35.9 Å². The van der Waals surface area contributed by atoms with Gasteiger partial charge < -0.3 is 9.64 Å². The predicted molar refractivity (Wildman–Crippen MR) is 102 cm³/mol. The minimum Gasteiger partial charge on any atom is -0.376 e. The largest absolute Gasteiger partial charge is 0.376 e. The summed E-state index contributed by atoms with van der Waals surface area (Å²) >= 11 is 0. The van der Waals surface area contributed by atoms with Crippen LogP contribution in [0.5, 0.6) is 0 Å². The summed E-state index contributed by atoms with van der Waals surface area (Å²) in [7, 11) is 0. The molecule has 1 atom stereocenters. The lowest BCUT2D eigenvalue weighted by Gasteiger charge is -2.52. The van der Waals surface area contributed by atoms with Gasteiger partial charge in [0, 0.05) is 19.4 Å². The van der Waals surface area contributed by atoms with Crippen LogP contribution in [0.4, 0.5) is 8.78 Å². The van der Waals surface area contributed by atoms with E-state index in [1.165, 1.54) is 12.8 Å². The first-order valence-electron chi connectivity index (χ1n) is 10.1. The van der Waals surface area contributed by atoms with Gasteiger partial charge in [0.1, 0.15) is 0 Å². The summed E-state index contributed by atoms with van der Waals surface area (Å²) in [6.07, 6.45) is 11.0. The highest BCUT2D eigenvalue weighted by molar-refractivity contribution is 5.15. The average Bonchev–Trinajstić information content (AvgIpc) is 3.16. The van der Waals surface area contributed by atoms with Gasteiger partial charge in [0.05, 0.1) is 18.6 Å². The van der Waals surface area contributed by atoms with Crippen molar-refractivity contribution in [2.75, 3.05) is 26.2 Å². The molecular weight excluding hydrogens is 344 g/mol. The van der Waals surface area contributed by atoms with Crippen LogP contribution in [-0.4, -0.2) is 37.1 Å². The second kappa shape index (κ2) is 7.18. The molecule has 2 aliphatic carbocycles. The van der Waals surface area contributed by atoms with E-state index >= 15 is 0 Å². The zero-order valence-electron chi connectivity index (χ0n) is 15.9. The van der Waals surface area contributed by atoms with E-state index in [4.69, 9.17) is 11.2 Å². The Hall–Kier alpha value is -1.44. The molecule has 1 heterocycles. The number of ether oxygens (including phenoxy) is 1. The molecule has 4 heteroatoms. The summed E-state index contributed by atoms with van der Waals surface area (Å²) in [4.78, 5) is 2.24. The molecule has 4 rings (SSSR count). The summed E-state index contributed by atoms with van der Waals surface area (Å²) in [5.74, 6) is 0.869. The molecule has 3 fully saturated rings. The SMILES string of the molecule is C#CCC1CC2(CCN(C[C@@]3(COCc4ccccc4)CC3(F)F)CC2)C1. The molecule has 2 saturated carbocycles. The molecule has 1 aliphatic heterocycles. The fourth-order valence-electron chi connectivity index (χ4n) is 5.19. The van der Waals surface area contributed by atoms with E-state index in [1.807, 2.05) is 30.3 Å². The van der Waals surface area contributed by atoms with Crippen LogP contribution in [0.2, 0.25) is 0 Å². The Morgan fingerprint density at radius 3 is 2.41 bits per heavy atom. The molecule has 146 valence electrons. The Labute approximate surface area is 161 Å². The van der Waals surface area contributed by atoms with Gasteiger partial charge in [-0.15, -0.1) is 12.3 Å². The van der Waals surface area contributed by atoms with Crippen molar-refractivity contribution in [2.45, 2.75) is 51.1 Å². The topological polar surface area (TPSA) is 12.5 Å². The Kier molecular flexibility index (Phi) is 5.03. The molecule has 3 aliphatic rings. The van der Waals surface area contributed by atoms with E-state index in [1.54, 1.807) is 0 Å². The highest BCUT2D eigenvalue weighted by atomic mass is 19.3. The molecule has 0 radical (unpaired) electrons. The minimum absolute atomic E-state index is 0.0410. The van der Waals surface area contributed by atoms with Gasteiger partial charge in [-0.3, -0.25) is 0 Å². The summed E-state index contributed by atoms with van der Waals surface area (Å²) in [5, 5.41) is 0. The average molecular weight is 373 g/mol. The van der Waals surface area contributed by atoms with Crippen molar-refractivity contribution < 1.29 is 13.5 Å². The molecule has 0 unspecified atom stereocenters. The molecule has 0 aromatic heterocycles. The van der Waals surface area contributed by atoms with Crippen molar-refractivity contribution in [1.29, 1.82) is 0 Å². The van der Waals surface area contributed by atoms with Gasteiger partial charge in [0.25, 0.3) is 5.92 Å². The van der Waals surface area contributed by atoms with Gasteiger partial charge in [-0.2, -0.15) is 0 Å². The van der Waals surface area contributed by atoms with Crippen LogP contribution in [0.15, 0.2) is 30.3 Å². The maximum Gasteiger partial charge on any atom is 0.258 e. The molecular formula is C23H29F2NO. The summed E-state index contributed by atoms with van der Waals surface area (Å²) < 4.78 is 34.1. The first kappa shape index (κ1) is 18.9. The van der Waals surface area contributed by atoms with Crippen molar-refractivity contribution in [1.82, 2.24) is 4.90 Å². The van der Waals surface area contributed by atoms with Crippen LogP contribution in [0, 0.1) is 29.1 Å². The lowest BCUT2D eigenvalue weighted by Crippen LogP contribution is -2.49. The van der Waals surface area contributed by atoms with Gasteiger partial charge >= 0.3 is 0 Å². The third-order valence-corrected chi connectivity index (χ3v) is 6.99. The quantitative estimate of drug-likeness (QED) is 0.640. The lowest BCUT2D eigenvalue weighted by atomic mass is 9.57. The van der Waals surface area contributed by atoms with E-state index in [9.17, 15) is 8.78 Å². The Bertz CT molecular complexity index is 682. The van der Waals surface area contributed by atoms with Crippen molar-refractivity contribution in [2.24, 2.45) is 16.7 Å². The fourth-order valence-corrected chi connectivity index (χ4v) is 5.19. The number of likely N-dealkylation sites (tertiary alicyclic amines) is 1. The molecule has 27 heavy (non-hydrogen) atoms. The zero-order valence-corrected chi connectivity index (χ0v) is 15.9. The first-order chi connectivity index (χ1) is 13.0. The van der Waals surface area contributed by atoms with Crippen LogP contribution in [0.25, 0.3) is 0 Å². The number of terminal acetylenes is 1. The second-order valence-corrected chi connectivity index (χ2v) is 9.10. The van der Waals surface area contributed by atoms with Crippen LogP contribution in [0.3, 0.4) is 0 Å². The monoisotopic (exact) mass is 373 g/mol. The standard InChI is InChI=1S/C23H29F2NO/c1-2-6-20-13-21(14-20)9-11-26(12-10-21)17-22(16-23(22,24)25)18-27-15-19-7-4-3-5-8-19/h1,3-5,7-8,20H,6,9-18H2/t22-/m1/s1. The number of halogens is 2. The van der Waals surface area contributed by atoms with Gasteiger partial charge in [-0.25, -0.2) is 8.78 Å². The third-order valence-electron chi connectivity index (χ3n) is 6.99. The van der Waals surface area contributed by atoms with E-state index < -0.39 is 11.3 Å². The third kappa shape index (κ3) is 3.91. The van der Waals surface area contributed by atoms with Gasteiger partial charge in [-0.1, -0.05) is 30.3 Å². The molecule has 1 aromatic rings. The van der Waals surface area contributed by atoms with Crippen LogP contribution in [-0.2, 0) is 11.3 Å². The first-order valence-corrected chi connectivity index (χ1v) is 10.1. The Morgan fingerprint density at radius 1 is 1.15 bits per heavy atom. The second-order valence-electron chi connectivity index (χ2n) is 9.10. The summed E-state index contributed by atoms with van der Waals surface area (Å²) in [5.41, 5.74) is 0.488. The highest BCUT2D eigenvalue weighted by Crippen LogP contribution is 2.61. The fraction of sp³-hybridized carbons (Fsp3) is 0.652. The zero-order chi connectivity index (χ0) is 19.0. The Morgan fingerprint density at radius 2 is 1.81 bits per heavy atom. The van der Waals surface area contributed by atoms with Crippen molar-refractivity contribution >= 4 is 0 Å². The van der Waals surface area contributed by atoms with Crippen molar-refractivity contribution in [3.63, 3.8) is 0 Å². The smallest absolute Gasteiger partial charge is 0.258 e. The Balaban J connectivity index is 1.25. The number of hydrogen-bond donors (Lipinski definition) is 0. The van der Waals surface area contributed by atoms with E-state index in [2.05, 4.69) is 10.8 Å². The number of rotatable bonds is 7. The lowest BCUT2D eigenvalue weighted by molar-refractivity contribution is -0.0424. The van der Waals surface area contributed by atoms with Gasteiger partial charge in [0.15, 0.2) is 0 Å². The van der Waals surface area contributed by atoms with Gasteiger partial charge in [-0.05, 0) is 55.7 Å². The number of alkyl halides is 2. The maximum atomic E-state index is 14.2. The van der Waals surface area contributed by atoms with E-state index in [-0.39, 0.29) is 13.0 Å². The molecule has 0 bridgehead atoms. The van der Waals surface area contributed by atoms with E-state index in [0.29, 0.717) is 24.5 Å². The molecule has 1 aromatic carbocycles.